The Balaban J connectivity index is 0.00000364. The quantitative estimate of drug-likeness (QED) is 0.711. The summed E-state index contributed by atoms with van der Waals surface area (Å²) >= 11 is 0. The molecule has 1 atom stereocenters. The highest BCUT2D eigenvalue weighted by Crippen LogP contribution is 2.37. The molecule has 0 aliphatic carbocycles. The fraction of sp³-hybridized carbons (Fsp3) is 0.350. The van der Waals surface area contributed by atoms with Crippen LogP contribution in [0.3, 0.4) is 0 Å². The molecule has 1 unspecified atom stereocenters. The summed E-state index contributed by atoms with van der Waals surface area (Å²) < 4.78 is 49.1. The second-order valence-electron chi connectivity index (χ2n) is 6.27. The molecule has 2 N–H and O–H groups in total. The zero-order valence-corrected chi connectivity index (χ0v) is 16.5. The summed E-state index contributed by atoms with van der Waals surface area (Å²) in [5.74, 6) is -3.04. The molecule has 27 heavy (non-hydrogen) atoms. The summed E-state index contributed by atoms with van der Waals surface area (Å²) in [4.78, 5) is 11.6. The molecule has 0 saturated heterocycles. The van der Waals surface area contributed by atoms with E-state index in [1.54, 1.807) is 19.9 Å². The molecule has 2 rings (SSSR count). The third kappa shape index (κ3) is 4.62. The van der Waals surface area contributed by atoms with Gasteiger partial charge in [-0.15, -0.1) is 12.4 Å². The van der Waals surface area contributed by atoms with Crippen LogP contribution in [0.25, 0.3) is 11.1 Å². The number of rotatable bonds is 5. The van der Waals surface area contributed by atoms with Gasteiger partial charge < -0.3 is 10.5 Å². The molecule has 0 radical (unpaired) electrons. The number of hydrogen-bond donors (Lipinski definition) is 1. The molecule has 0 aliphatic rings. The van der Waals surface area contributed by atoms with Crippen molar-refractivity contribution in [3.63, 3.8) is 0 Å². The number of esters is 1. The number of benzene rings is 2. The minimum absolute atomic E-state index is 0. The zero-order valence-electron chi connectivity index (χ0n) is 15.7. The van der Waals surface area contributed by atoms with Crippen molar-refractivity contribution in [3.05, 3.63) is 57.9 Å². The predicted molar refractivity (Wildman–Crippen MR) is 101 cm³/mol. The lowest BCUT2D eigenvalue weighted by atomic mass is 9.89. The van der Waals surface area contributed by atoms with Crippen LogP contribution in [0.5, 0.6) is 0 Å². The molecule has 0 amide bonds. The summed E-state index contributed by atoms with van der Waals surface area (Å²) in [7, 11) is 0. The van der Waals surface area contributed by atoms with E-state index in [1.807, 2.05) is 0 Å². The maximum atomic E-state index is 15.2. The first-order chi connectivity index (χ1) is 12.2. The SMILES string of the molecule is CCOC(=O)CC(N)c1c(F)c(C)c(C)c(-c2ccc(C)cc2F)c1F.Cl. The van der Waals surface area contributed by atoms with E-state index in [0.717, 1.165) is 0 Å². The lowest BCUT2D eigenvalue weighted by Crippen LogP contribution is -2.21. The van der Waals surface area contributed by atoms with Crippen LogP contribution in [0.4, 0.5) is 13.2 Å². The Kier molecular flexibility index (Phi) is 7.87. The van der Waals surface area contributed by atoms with Gasteiger partial charge in [-0.05, 0) is 50.5 Å². The van der Waals surface area contributed by atoms with Gasteiger partial charge in [-0.1, -0.05) is 12.1 Å². The van der Waals surface area contributed by atoms with Crippen molar-refractivity contribution in [2.75, 3.05) is 6.61 Å². The zero-order chi connectivity index (χ0) is 19.6. The van der Waals surface area contributed by atoms with Crippen LogP contribution in [0.1, 0.15) is 41.6 Å². The largest absolute Gasteiger partial charge is 0.466 e. The van der Waals surface area contributed by atoms with Crippen LogP contribution in [0.2, 0.25) is 0 Å². The average Bonchev–Trinajstić information content (AvgIpc) is 2.55. The minimum Gasteiger partial charge on any atom is -0.466 e. The first kappa shape index (κ1) is 23.0. The van der Waals surface area contributed by atoms with E-state index in [0.29, 0.717) is 5.56 Å². The lowest BCUT2D eigenvalue weighted by Gasteiger charge is -2.20. The molecular weight excluding hydrogens is 379 g/mol. The summed E-state index contributed by atoms with van der Waals surface area (Å²) in [5.41, 5.74) is 6.56. The van der Waals surface area contributed by atoms with Gasteiger partial charge in [0.1, 0.15) is 17.5 Å². The van der Waals surface area contributed by atoms with Crippen molar-refractivity contribution in [1.82, 2.24) is 0 Å². The Hall–Kier alpha value is -2.05. The number of hydrogen-bond acceptors (Lipinski definition) is 3. The van der Waals surface area contributed by atoms with E-state index >= 15 is 4.39 Å². The highest BCUT2D eigenvalue weighted by Gasteiger charge is 2.27. The van der Waals surface area contributed by atoms with Gasteiger partial charge in [-0.3, -0.25) is 4.79 Å². The maximum Gasteiger partial charge on any atom is 0.307 e. The normalized spacial score (nSPS) is 11.7. The smallest absolute Gasteiger partial charge is 0.307 e. The van der Waals surface area contributed by atoms with Crippen LogP contribution < -0.4 is 5.73 Å². The van der Waals surface area contributed by atoms with Crippen LogP contribution in [0.15, 0.2) is 18.2 Å². The standard InChI is InChI=1S/C20H22F3NO2.ClH/c1-5-26-16(25)9-15(24)18-19(22)12(4)11(3)17(20(18)23)13-7-6-10(2)8-14(13)21;/h6-8,15H,5,9,24H2,1-4H3;1H. The van der Waals surface area contributed by atoms with E-state index in [4.69, 9.17) is 10.5 Å². The number of halogens is 4. The molecule has 0 aromatic heterocycles. The Bertz CT molecular complexity index is 856. The number of carbonyl (C=O) groups excluding carboxylic acids is 1. The summed E-state index contributed by atoms with van der Waals surface area (Å²) in [5, 5.41) is 0. The molecule has 0 saturated carbocycles. The van der Waals surface area contributed by atoms with E-state index < -0.39 is 35.0 Å². The molecule has 2 aromatic rings. The van der Waals surface area contributed by atoms with Crippen molar-refractivity contribution in [3.8, 4) is 11.1 Å². The van der Waals surface area contributed by atoms with Crippen molar-refractivity contribution in [2.24, 2.45) is 5.73 Å². The Morgan fingerprint density at radius 3 is 2.30 bits per heavy atom. The highest BCUT2D eigenvalue weighted by atomic mass is 35.5. The molecule has 0 bridgehead atoms. The van der Waals surface area contributed by atoms with Gasteiger partial charge in [-0.25, -0.2) is 13.2 Å². The molecule has 2 aromatic carbocycles. The molecule has 7 heteroatoms. The Labute approximate surface area is 163 Å². The van der Waals surface area contributed by atoms with E-state index in [1.165, 1.54) is 26.0 Å². The number of carbonyl (C=O) groups is 1. The molecule has 0 spiro atoms. The van der Waals surface area contributed by atoms with Crippen molar-refractivity contribution in [2.45, 2.75) is 40.2 Å². The van der Waals surface area contributed by atoms with Crippen molar-refractivity contribution in [1.29, 1.82) is 0 Å². The van der Waals surface area contributed by atoms with E-state index in [-0.39, 0.29) is 47.7 Å². The van der Waals surface area contributed by atoms with E-state index in [2.05, 4.69) is 0 Å². The Morgan fingerprint density at radius 2 is 1.74 bits per heavy atom. The fourth-order valence-electron chi connectivity index (χ4n) is 2.92. The molecule has 0 heterocycles. The Morgan fingerprint density at radius 1 is 1.11 bits per heavy atom. The van der Waals surface area contributed by atoms with Crippen LogP contribution in [0, 0.1) is 38.2 Å². The lowest BCUT2D eigenvalue weighted by molar-refractivity contribution is -0.143. The van der Waals surface area contributed by atoms with Crippen LogP contribution in [-0.2, 0) is 9.53 Å². The predicted octanol–water partition coefficient (Wildman–Crippen LogP) is 5.07. The van der Waals surface area contributed by atoms with Gasteiger partial charge in [0, 0.05) is 22.7 Å². The monoisotopic (exact) mass is 401 g/mol. The topological polar surface area (TPSA) is 52.3 Å². The van der Waals surface area contributed by atoms with Crippen molar-refractivity contribution < 1.29 is 22.7 Å². The number of nitrogens with two attached hydrogens (primary N) is 1. The van der Waals surface area contributed by atoms with Gasteiger partial charge in [-0.2, -0.15) is 0 Å². The molecule has 148 valence electrons. The third-order valence-electron chi connectivity index (χ3n) is 4.42. The van der Waals surface area contributed by atoms with Gasteiger partial charge in [0.05, 0.1) is 13.0 Å². The molecule has 3 nitrogen and oxygen atoms in total. The second-order valence-corrected chi connectivity index (χ2v) is 6.27. The van der Waals surface area contributed by atoms with E-state index in [9.17, 15) is 13.6 Å². The first-order valence-electron chi connectivity index (χ1n) is 8.34. The third-order valence-corrected chi connectivity index (χ3v) is 4.42. The van der Waals surface area contributed by atoms with Gasteiger partial charge in [0.15, 0.2) is 0 Å². The van der Waals surface area contributed by atoms with Crippen LogP contribution >= 0.6 is 12.4 Å². The molecular formula is C20H23ClF3NO2. The number of ether oxygens (including phenoxy) is 1. The summed E-state index contributed by atoms with van der Waals surface area (Å²) in [6.07, 6.45) is -0.375. The molecule has 0 aliphatic heterocycles. The van der Waals surface area contributed by atoms with Gasteiger partial charge in [0.2, 0.25) is 0 Å². The average molecular weight is 402 g/mol. The van der Waals surface area contributed by atoms with Crippen LogP contribution in [-0.4, -0.2) is 12.6 Å². The first-order valence-corrected chi connectivity index (χ1v) is 8.34. The second kappa shape index (κ2) is 9.24. The minimum atomic E-state index is -1.24. The van der Waals surface area contributed by atoms with Gasteiger partial charge >= 0.3 is 5.97 Å². The van der Waals surface area contributed by atoms with Crippen molar-refractivity contribution >= 4 is 18.4 Å². The number of aryl methyl sites for hydroxylation is 1. The highest BCUT2D eigenvalue weighted by molar-refractivity contribution is 5.85. The fourth-order valence-corrected chi connectivity index (χ4v) is 2.92. The van der Waals surface area contributed by atoms with Gasteiger partial charge in [0.25, 0.3) is 0 Å². The molecule has 0 fully saturated rings. The summed E-state index contributed by atoms with van der Waals surface area (Å²) in [6.45, 7) is 6.48. The summed E-state index contributed by atoms with van der Waals surface area (Å²) in [6, 6.07) is 3.15. The maximum absolute atomic E-state index is 15.2.